The molecular formula is C26H35N3O3. The van der Waals surface area contributed by atoms with Crippen LogP contribution in [0.1, 0.15) is 62.2 Å². The van der Waals surface area contributed by atoms with Crippen LogP contribution in [0.2, 0.25) is 0 Å². The lowest BCUT2D eigenvalue weighted by Crippen LogP contribution is -2.53. The number of aryl methyl sites for hydroxylation is 2. The van der Waals surface area contributed by atoms with Gasteiger partial charge in [-0.2, -0.15) is 0 Å². The highest BCUT2D eigenvalue weighted by Crippen LogP contribution is 2.29. The Balaban J connectivity index is 1.87. The molecular weight excluding hydrogens is 402 g/mol. The number of alkyl carbamates (subject to hydrolysis) is 1. The van der Waals surface area contributed by atoms with Crippen LogP contribution in [-0.4, -0.2) is 46.6 Å². The van der Waals surface area contributed by atoms with Gasteiger partial charge in [0.1, 0.15) is 5.60 Å². The Hall–Kier alpha value is -2.89. The van der Waals surface area contributed by atoms with Gasteiger partial charge in [0.2, 0.25) is 0 Å². The van der Waals surface area contributed by atoms with E-state index >= 15 is 0 Å². The number of carbonyl (C=O) groups excluding carboxylic acids is 2. The summed E-state index contributed by atoms with van der Waals surface area (Å²) in [5.41, 5.74) is 3.66. The van der Waals surface area contributed by atoms with E-state index in [9.17, 15) is 9.59 Å². The van der Waals surface area contributed by atoms with E-state index in [1.165, 1.54) is 0 Å². The molecule has 1 aromatic carbocycles. The summed E-state index contributed by atoms with van der Waals surface area (Å²) in [6.07, 6.45) is 1.51. The Morgan fingerprint density at radius 2 is 1.94 bits per heavy atom. The van der Waals surface area contributed by atoms with E-state index < -0.39 is 11.7 Å². The van der Waals surface area contributed by atoms with Gasteiger partial charge in [-0.3, -0.25) is 9.78 Å². The molecule has 3 rings (SSSR count). The highest BCUT2D eigenvalue weighted by Gasteiger charge is 2.34. The minimum absolute atomic E-state index is 0.0189. The van der Waals surface area contributed by atoms with Gasteiger partial charge in [0, 0.05) is 29.9 Å². The maximum Gasteiger partial charge on any atom is 0.407 e. The van der Waals surface area contributed by atoms with E-state index in [2.05, 4.69) is 17.2 Å². The highest BCUT2D eigenvalue weighted by atomic mass is 16.6. The Bertz CT molecular complexity index is 981. The predicted molar refractivity (Wildman–Crippen MR) is 127 cm³/mol. The second-order valence-corrected chi connectivity index (χ2v) is 9.78. The molecule has 2 unspecified atom stereocenters. The number of nitrogens with zero attached hydrogens (tertiary/aromatic N) is 2. The van der Waals surface area contributed by atoms with Gasteiger partial charge in [0.15, 0.2) is 0 Å². The van der Waals surface area contributed by atoms with Crippen LogP contribution in [0.15, 0.2) is 36.4 Å². The molecule has 2 amide bonds. The van der Waals surface area contributed by atoms with Crippen LogP contribution in [0.3, 0.4) is 0 Å². The number of nitrogens with one attached hydrogen (secondary N) is 1. The molecule has 0 bridgehead atoms. The maximum absolute atomic E-state index is 13.8. The number of pyridine rings is 1. The second kappa shape index (κ2) is 9.72. The number of piperidine rings is 1. The minimum Gasteiger partial charge on any atom is -0.444 e. The quantitative estimate of drug-likeness (QED) is 0.720. The summed E-state index contributed by atoms with van der Waals surface area (Å²) in [5, 5.41) is 2.87. The summed E-state index contributed by atoms with van der Waals surface area (Å²) in [6, 6.07) is 11.7. The van der Waals surface area contributed by atoms with Crippen molar-refractivity contribution in [2.24, 2.45) is 5.92 Å². The van der Waals surface area contributed by atoms with Crippen molar-refractivity contribution in [3.8, 4) is 11.3 Å². The highest BCUT2D eigenvalue weighted by molar-refractivity contribution is 6.01. The molecule has 0 saturated carbocycles. The molecule has 1 N–H and O–H groups in total. The molecule has 1 fully saturated rings. The number of hydrogen-bond donors (Lipinski definition) is 1. The normalized spacial score (nSPS) is 18.9. The van der Waals surface area contributed by atoms with E-state index in [1.54, 1.807) is 0 Å². The summed E-state index contributed by atoms with van der Waals surface area (Å²) in [7, 11) is 0. The van der Waals surface area contributed by atoms with Gasteiger partial charge in [-0.25, -0.2) is 4.79 Å². The largest absolute Gasteiger partial charge is 0.444 e. The molecule has 2 atom stereocenters. The fourth-order valence-electron chi connectivity index (χ4n) is 4.22. The SMILES string of the molecule is Cc1ccc(-c2cccc(C)n2)c(C(=O)N2CCCC(C)C2CNC(=O)OC(C)(C)C)c1. The molecule has 1 saturated heterocycles. The molecule has 172 valence electrons. The zero-order valence-electron chi connectivity index (χ0n) is 20.1. The number of benzene rings is 1. The van der Waals surface area contributed by atoms with E-state index in [0.717, 1.165) is 35.4 Å². The standard InChI is InChI=1S/C26H35N3O3/c1-17-12-13-20(22-11-7-10-19(3)28-22)21(15-17)24(30)29-14-8-9-18(2)23(29)16-27-25(31)32-26(4,5)6/h7,10-13,15,18,23H,8-9,14,16H2,1-6H3,(H,27,31). The molecule has 2 heterocycles. The third-order valence-electron chi connectivity index (χ3n) is 5.80. The van der Waals surface area contributed by atoms with Gasteiger partial charge in [0.05, 0.1) is 11.7 Å². The first-order valence-electron chi connectivity index (χ1n) is 11.4. The molecule has 1 aliphatic rings. The smallest absolute Gasteiger partial charge is 0.407 e. The Labute approximate surface area is 191 Å². The van der Waals surface area contributed by atoms with Crippen LogP contribution >= 0.6 is 0 Å². The number of ether oxygens (including phenoxy) is 1. The summed E-state index contributed by atoms with van der Waals surface area (Å²) in [4.78, 5) is 32.6. The van der Waals surface area contributed by atoms with Crippen molar-refractivity contribution in [2.75, 3.05) is 13.1 Å². The average Bonchev–Trinajstić information content (AvgIpc) is 2.71. The molecule has 6 nitrogen and oxygen atoms in total. The van der Waals surface area contributed by atoms with Gasteiger partial charge in [-0.1, -0.05) is 30.7 Å². The van der Waals surface area contributed by atoms with Crippen LogP contribution in [0, 0.1) is 19.8 Å². The van der Waals surface area contributed by atoms with Gasteiger partial charge in [-0.15, -0.1) is 0 Å². The predicted octanol–water partition coefficient (Wildman–Crippen LogP) is 5.13. The molecule has 0 radical (unpaired) electrons. The van der Waals surface area contributed by atoms with Crippen LogP contribution in [0.4, 0.5) is 4.79 Å². The molecule has 1 aliphatic heterocycles. The molecule has 32 heavy (non-hydrogen) atoms. The Morgan fingerprint density at radius 1 is 1.19 bits per heavy atom. The van der Waals surface area contributed by atoms with Crippen molar-refractivity contribution in [3.05, 3.63) is 53.2 Å². The fourth-order valence-corrected chi connectivity index (χ4v) is 4.22. The lowest BCUT2D eigenvalue weighted by molar-refractivity contribution is 0.0408. The number of amides is 2. The zero-order valence-corrected chi connectivity index (χ0v) is 20.1. The van der Waals surface area contributed by atoms with Crippen molar-refractivity contribution in [1.29, 1.82) is 0 Å². The van der Waals surface area contributed by atoms with Crippen molar-refractivity contribution in [3.63, 3.8) is 0 Å². The zero-order chi connectivity index (χ0) is 23.5. The third-order valence-corrected chi connectivity index (χ3v) is 5.80. The number of aromatic nitrogens is 1. The van der Waals surface area contributed by atoms with Crippen LogP contribution in [0.5, 0.6) is 0 Å². The third kappa shape index (κ3) is 5.87. The maximum atomic E-state index is 13.8. The van der Waals surface area contributed by atoms with Crippen molar-refractivity contribution < 1.29 is 14.3 Å². The summed E-state index contributed by atoms with van der Waals surface area (Å²) in [5.74, 6) is 0.252. The topological polar surface area (TPSA) is 71.5 Å². The van der Waals surface area contributed by atoms with E-state index in [1.807, 2.05) is 75.9 Å². The Morgan fingerprint density at radius 3 is 2.62 bits per heavy atom. The Kier molecular flexibility index (Phi) is 7.22. The lowest BCUT2D eigenvalue weighted by Gasteiger charge is -2.40. The van der Waals surface area contributed by atoms with Crippen molar-refractivity contribution >= 4 is 12.0 Å². The monoisotopic (exact) mass is 437 g/mol. The first-order valence-corrected chi connectivity index (χ1v) is 11.4. The first kappa shape index (κ1) is 23.8. The van der Waals surface area contributed by atoms with Crippen molar-refractivity contribution in [2.45, 2.75) is 66.0 Å². The summed E-state index contributed by atoms with van der Waals surface area (Å²) < 4.78 is 5.39. The minimum atomic E-state index is -0.560. The van der Waals surface area contributed by atoms with Crippen molar-refractivity contribution in [1.82, 2.24) is 15.2 Å². The first-order chi connectivity index (χ1) is 15.0. The number of likely N-dealkylation sites (tertiary alicyclic amines) is 1. The summed E-state index contributed by atoms with van der Waals surface area (Å²) in [6.45, 7) is 12.6. The fraction of sp³-hybridized carbons (Fsp3) is 0.500. The van der Waals surface area contributed by atoms with Gasteiger partial charge >= 0.3 is 6.09 Å². The molecule has 0 spiro atoms. The number of hydrogen-bond acceptors (Lipinski definition) is 4. The van der Waals surface area contributed by atoms with Gasteiger partial charge in [0.25, 0.3) is 5.91 Å². The van der Waals surface area contributed by atoms with E-state index in [0.29, 0.717) is 18.7 Å². The van der Waals surface area contributed by atoms with E-state index in [4.69, 9.17) is 4.74 Å². The molecule has 1 aromatic heterocycles. The second-order valence-electron chi connectivity index (χ2n) is 9.78. The average molecular weight is 438 g/mol. The molecule has 6 heteroatoms. The molecule has 0 aliphatic carbocycles. The lowest BCUT2D eigenvalue weighted by atomic mass is 9.89. The van der Waals surface area contributed by atoms with Gasteiger partial charge < -0.3 is 15.0 Å². The number of rotatable bonds is 4. The van der Waals surface area contributed by atoms with Crippen LogP contribution < -0.4 is 5.32 Å². The van der Waals surface area contributed by atoms with Gasteiger partial charge in [-0.05, 0) is 71.6 Å². The van der Waals surface area contributed by atoms with Crippen LogP contribution in [-0.2, 0) is 4.74 Å². The number of carbonyl (C=O) groups is 2. The van der Waals surface area contributed by atoms with Crippen LogP contribution in [0.25, 0.3) is 11.3 Å². The van der Waals surface area contributed by atoms with E-state index in [-0.39, 0.29) is 17.9 Å². The summed E-state index contributed by atoms with van der Waals surface area (Å²) >= 11 is 0. The molecule has 2 aromatic rings.